The molecule has 0 unspecified atom stereocenters. The molecule has 174 valence electrons. The van der Waals surface area contributed by atoms with Gasteiger partial charge in [-0.15, -0.1) is 0 Å². The number of anilines is 1. The summed E-state index contributed by atoms with van der Waals surface area (Å²) in [5.41, 5.74) is 3.83. The topological polar surface area (TPSA) is 114 Å². The maximum absolute atomic E-state index is 12.1. The Kier molecular flexibility index (Phi) is 7.90. The van der Waals surface area contributed by atoms with Gasteiger partial charge in [-0.05, 0) is 48.4 Å². The number of hydrazine groups is 1. The maximum atomic E-state index is 12.1. The molecule has 1 fully saturated rings. The van der Waals surface area contributed by atoms with Gasteiger partial charge >= 0.3 is 12.6 Å². The third-order valence-electron chi connectivity index (χ3n) is 4.63. The van der Waals surface area contributed by atoms with Crippen LogP contribution in [0.5, 0.6) is 5.75 Å². The van der Waals surface area contributed by atoms with Gasteiger partial charge in [-0.2, -0.15) is 8.78 Å². The molecule has 0 aromatic heterocycles. The Labute approximate surface area is 187 Å². The van der Waals surface area contributed by atoms with Crippen molar-refractivity contribution in [3.63, 3.8) is 0 Å². The molecule has 1 aliphatic rings. The van der Waals surface area contributed by atoms with Gasteiger partial charge in [0.25, 0.3) is 5.91 Å². The summed E-state index contributed by atoms with van der Waals surface area (Å²) in [5.74, 6) is -1.72. The van der Waals surface area contributed by atoms with Crippen LogP contribution >= 0.6 is 0 Å². The molecule has 0 spiro atoms. The summed E-state index contributed by atoms with van der Waals surface area (Å²) in [5, 5.41) is 3.71. The minimum absolute atomic E-state index is 0.0463. The van der Waals surface area contributed by atoms with E-state index < -0.39 is 25.1 Å². The van der Waals surface area contributed by atoms with E-state index in [1.807, 2.05) is 0 Å². The van der Waals surface area contributed by atoms with E-state index in [4.69, 9.17) is 4.74 Å². The van der Waals surface area contributed by atoms with Crippen LogP contribution in [0.25, 0.3) is 0 Å². The first kappa shape index (κ1) is 23.6. The lowest BCUT2D eigenvalue weighted by Crippen LogP contribution is -2.50. The number of hydrogen-bond acceptors (Lipinski definition) is 6. The van der Waals surface area contributed by atoms with Crippen molar-refractivity contribution < 1.29 is 37.4 Å². The summed E-state index contributed by atoms with van der Waals surface area (Å²) in [4.78, 5) is 47.4. The molecule has 3 amide bonds. The molecule has 0 aliphatic carbocycles. The van der Waals surface area contributed by atoms with Gasteiger partial charge in [0, 0.05) is 19.4 Å². The summed E-state index contributed by atoms with van der Waals surface area (Å²) in [6.45, 7) is -3.12. The van der Waals surface area contributed by atoms with Crippen LogP contribution in [-0.4, -0.2) is 43.5 Å². The number of nitrogens with one attached hydrogen (secondary N) is 2. The fourth-order valence-corrected chi connectivity index (χ4v) is 2.98. The number of rotatable bonds is 9. The Morgan fingerprint density at radius 3 is 2.39 bits per heavy atom. The molecule has 33 heavy (non-hydrogen) atoms. The normalized spacial score (nSPS) is 13.5. The summed E-state index contributed by atoms with van der Waals surface area (Å²) in [7, 11) is 0. The van der Waals surface area contributed by atoms with Crippen LogP contribution < -0.4 is 20.5 Å². The number of esters is 1. The fourth-order valence-electron chi connectivity index (χ4n) is 2.98. The third kappa shape index (κ3) is 6.99. The van der Waals surface area contributed by atoms with Gasteiger partial charge in [0.05, 0.1) is 11.3 Å². The van der Waals surface area contributed by atoms with Crippen molar-refractivity contribution in [2.24, 2.45) is 0 Å². The summed E-state index contributed by atoms with van der Waals surface area (Å²) in [6, 6.07) is 11.8. The van der Waals surface area contributed by atoms with Gasteiger partial charge in [-0.3, -0.25) is 19.8 Å². The van der Waals surface area contributed by atoms with Crippen molar-refractivity contribution in [3.8, 4) is 5.75 Å². The molecule has 1 heterocycles. The lowest BCUT2D eigenvalue weighted by molar-refractivity contribution is -0.130. The molecule has 9 nitrogen and oxygen atoms in total. The van der Waals surface area contributed by atoms with Crippen molar-refractivity contribution in [3.05, 3.63) is 59.7 Å². The predicted octanol–water partition coefficient (Wildman–Crippen LogP) is 1.96. The summed E-state index contributed by atoms with van der Waals surface area (Å²) < 4.78 is 33.5. The number of benzene rings is 2. The van der Waals surface area contributed by atoms with Gasteiger partial charge < -0.3 is 14.8 Å². The second-order valence-corrected chi connectivity index (χ2v) is 7.01. The van der Waals surface area contributed by atoms with E-state index in [-0.39, 0.29) is 42.5 Å². The van der Waals surface area contributed by atoms with Gasteiger partial charge in [0.1, 0.15) is 5.75 Å². The molecule has 2 N–H and O–H groups in total. The molecule has 0 saturated carbocycles. The molecule has 1 aliphatic heterocycles. The smallest absolute Gasteiger partial charge is 0.387 e. The average molecular weight is 461 g/mol. The van der Waals surface area contributed by atoms with Crippen LogP contribution in [0, 0.1) is 0 Å². The number of nitrogens with zero attached hydrogens (tertiary/aromatic N) is 1. The number of carbonyl (C=O) groups is 4. The first-order chi connectivity index (χ1) is 15.8. The second-order valence-electron chi connectivity index (χ2n) is 7.01. The molecule has 3 rings (SSSR count). The largest absolute Gasteiger partial charge is 0.452 e. The van der Waals surface area contributed by atoms with Gasteiger partial charge in [0.2, 0.25) is 11.8 Å². The van der Waals surface area contributed by atoms with E-state index in [2.05, 4.69) is 15.5 Å². The van der Waals surface area contributed by atoms with E-state index in [9.17, 15) is 28.0 Å². The molecule has 2 aromatic rings. The lowest BCUT2D eigenvalue weighted by Gasteiger charge is -2.27. The highest BCUT2D eigenvalue weighted by Gasteiger charge is 2.24. The molecule has 0 atom stereocenters. The third-order valence-corrected chi connectivity index (χ3v) is 4.63. The maximum Gasteiger partial charge on any atom is 0.387 e. The number of halogens is 2. The van der Waals surface area contributed by atoms with Crippen LogP contribution in [0.4, 0.5) is 14.5 Å². The van der Waals surface area contributed by atoms with Crippen LogP contribution in [0.15, 0.2) is 48.5 Å². The first-order valence-corrected chi connectivity index (χ1v) is 10.0. The quantitative estimate of drug-likeness (QED) is 0.552. The lowest BCUT2D eigenvalue weighted by atomic mass is 10.1. The Morgan fingerprint density at radius 2 is 1.73 bits per heavy atom. The van der Waals surface area contributed by atoms with E-state index in [1.54, 1.807) is 12.1 Å². The SMILES string of the molecule is O=C(COC(=O)c1ccc(N2NC(=O)CCC2=O)cc1)NCCc1ccc(OC(F)F)cc1. The molecular weight excluding hydrogens is 440 g/mol. The Balaban J connectivity index is 1.40. The zero-order valence-electron chi connectivity index (χ0n) is 17.4. The number of amides is 3. The highest BCUT2D eigenvalue weighted by molar-refractivity contribution is 6.01. The highest BCUT2D eigenvalue weighted by atomic mass is 19.3. The standard InChI is InChI=1S/C22H21F2N3O6/c23-22(24)33-17-7-1-14(2-8-17)11-12-25-19(29)13-32-21(31)15-3-5-16(6-4-15)27-20(30)10-9-18(28)26-27/h1-8,22H,9-13H2,(H,25,29)(H,26,28). The van der Waals surface area contributed by atoms with Gasteiger partial charge in [0.15, 0.2) is 6.61 Å². The predicted molar refractivity (Wildman–Crippen MR) is 111 cm³/mol. The Hall–Kier alpha value is -4.02. The van der Waals surface area contributed by atoms with E-state index in [0.717, 1.165) is 10.6 Å². The average Bonchev–Trinajstić information content (AvgIpc) is 2.80. The molecular formula is C22H21F2N3O6. The second kappa shape index (κ2) is 11.0. The number of alkyl halides is 2. The van der Waals surface area contributed by atoms with Crippen molar-refractivity contribution in [2.75, 3.05) is 18.2 Å². The van der Waals surface area contributed by atoms with Crippen molar-refractivity contribution in [1.29, 1.82) is 0 Å². The van der Waals surface area contributed by atoms with Crippen LogP contribution in [-0.2, 0) is 25.5 Å². The van der Waals surface area contributed by atoms with Crippen molar-refractivity contribution >= 4 is 29.4 Å². The summed E-state index contributed by atoms with van der Waals surface area (Å²) in [6.07, 6.45) is 0.676. The van der Waals surface area contributed by atoms with E-state index in [1.165, 1.54) is 36.4 Å². The minimum Gasteiger partial charge on any atom is -0.452 e. The van der Waals surface area contributed by atoms with Crippen LogP contribution in [0.1, 0.15) is 28.8 Å². The Bertz CT molecular complexity index is 1010. The van der Waals surface area contributed by atoms with Crippen molar-refractivity contribution in [1.82, 2.24) is 10.7 Å². The van der Waals surface area contributed by atoms with Gasteiger partial charge in [-0.1, -0.05) is 12.1 Å². The highest BCUT2D eigenvalue weighted by Crippen LogP contribution is 2.18. The molecule has 2 aromatic carbocycles. The number of hydrogen-bond donors (Lipinski definition) is 2. The Morgan fingerprint density at radius 1 is 1.03 bits per heavy atom. The zero-order chi connectivity index (χ0) is 23.8. The van der Waals surface area contributed by atoms with E-state index >= 15 is 0 Å². The minimum atomic E-state index is -2.89. The first-order valence-electron chi connectivity index (χ1n) is 10.0. The number of ether oxygens (including phenoxy) is 2. The molecule has 1 saturated heterocycles. The molecule has 11 heteroatoms. The van der Waals surface area contributed by atoms with Crippen LogP contribution in [0.2, 0.25) is 0 Å². The van der Waals surface area contributed by atoms with Crippen LogP contribution in [0.3, 0.4) is 0 Å². The monoisotopic (exact) mass is 461 g/mol. The van der Waals surface area contributed by atoms with Crippen molar-refractivity contribution in [2.45, 2.75) is 25.9 Å². The zero-order valence-corrected chi connectivity index (χ0v) is 17.4. The molecule has 0 radical (unpaired) electrons. The van der Waals surface area contributed by atoms with Gasteiger partial charge in [-0.25, -0.2) is 9.80 Å². The molecule has 0 bridgehead atoms. The summed E-state index contributed by atoms with van der Waals surface area (Å²) >= 11 is 0. The number of carbonyl (C=O) groups excluding carboxylic acids is 4. The fraction of sp³-hybridized carbons (Fsp3) is 0.273. The van der Waals surface area contributed by atoms with E-state index in [0.29, 0.717) is 12.1 Å².